The number of hydrogen-bond donors (Lipinski definition) is 2. The predicted molar refractivity (Wildman–Crippen MR) is 124 cm³/mol. The fourth-order valence-corrected chi connectivity index (χ4v) is 3.55. The van der Waals surface area contributed by atoms with Gasteiger partial charge in [0.15, 0.2) is 16.2 Å². The molecule has 2 aromatic carbocycles. The molecule has 0 fully saturated rings. The van der Waals surface area contributed by atoms with Crippen molar-refractivity contribution >= 4 is 27.9 Å². The lowest BCUT2D eigenvalue weighted by Crippen LogP contribution is -2.30. The van der Waals surface area contributed by atoms with Crippen LogP contribution in [0.1, 0.15) is 27.9 Å². The van der Waals surface area contributed by atoms with Gasteiger partial charge in [0.25, 0.3) is 5.91 Å². The Morgan fingerprint density at radius 3 is 2.45 bits per heavy atom. The highest BCUT2D eigenvalue weighted by Crippen LogP contribution is 2.35. The molecule has 3 rings (SSSR count). The lowest BCUT2D eigenvalue weighted by Gasteiger charge is -2.18. The van der Waals surface area contributed by atoms with Crippen molar-refractivity contribution in [2.75, 3.05) is 26.9 Å². The number of hydrogen-bond acceptors (Lipinski definition) is 7. The first-order valence-corrected chi connectivity index (χ1v) is 11.4. The Hall–Kier alpha value is -3.72. The zero-order valence-corrected chi connectivity index (χ0v) is 21.0. The Kier molecular flexibility index (Phi) is 9.27. The molecule has 3 aromatic rings. The van der Waals surface area contributed by atoms with Crippen LogP contribution in [-0.4, -0.2) is 43.9 Å². The van der Waals surface area contributed by atoms with Crippen LogP contribution in [0.5, 0.6) is 5.75 Å². The number of nitrogens with zero attached hydrogens (tertiary/aromatic N) is 1. The molecule has 204 valence electrons. The largest absolute Gasteiger partial charge is 0.474 e. The molecule has 0 saturated carbocycles. The highest BCUT2D eigenvalue weighted by Gasteiger charge is 2.31. The summed E-state index contributed by atoms with van der Waals surface area (Å²) in [6, 6.07) is 5.62. The fraction of sp³-hybridized carbons (Fsp3) is 0.261. The molecular formula is C23H19BrF5N3O6. The van der Waals surface area contributed by atoms with Gasteiger partial charge in [0.2, 0.25) is 12.0 Å². The molecule has 0 spiro atoms. The molecular weight excluding hydrogens is 589 g/mol. The van der Waals surface area contributed by atoms with E-state index in [0.717, 1.165) is 36.4 Å². The number of primary amides is 1. The maximum absolute atomic E-state index is 14.8. The monoisotopic (exact) mass is 607 g/mol. The molecule has 1 unspecified atom stereocenters. The molecule has 3 N–H and O–H groups in total. The van der Waals surface area contributed by atoms with Crippen molar-refractivity contribution in [2.24, 2.45) is 5.73 Å². The van der Waals surface area contributed by atoms with Crippen LogP contribution >= 0.6 is 15.9 Å². The number of rotatable bonds is 10. The second kappa shape index (κ2) is 12.2. The Balaban J connectivity index is 1.93. The van der Waals surface area contributed by atoms with Crippen LogP contribution in [0.25, 0.3) is 11.3 Å². The zero-order chi connectivity index (χ0) is 28.0. The second-order valence-electron chi connectivity index (χ2n) is 7.47. The summed E-state index contributed by atoms with van der Waals surface area (Å²) in [5.74, 6) is -4.96. The lowest BCUT2D eigenvalue weighted by molar-refractivity contribution is -0.137. The Morgan fingerprint density at radius 1 is 1.16 bits per heavy atom. The van der Waals surface area contributed by atoms with Crippen molar-refractivity contribution in [2.45, 2.75) is 12.3 Å². The molecule has 15 heteroatoms. The first-order chi connectivity index (χ1) is 17.9. The number of alkyl halides is 3. The van der Waals surface area contributed by atoms with Gasteiger partial charge in [-0.05, 0) is 40.2 Å². The number of ether oxygens (including phenoxy) is 3. The average Bonchev–Trinajstić information content (AvgIpc) is 3.24. The van der Waals surface area contributed by atoms with E-state index in [1.165, 1.54) is 7.11 Å². The zero-order valence-electron chi connectivity index (χ0n) is 19.4. The fourth-order valence-electron chi connectivity index (χ4n) is 3.07. The smallest absolute Gasteiger partial charge is 0.416 e. The summed E-state index contributed by atoms with van der Waals surface area (Å²) in [5.41, 5.74) is 3.38. The molecule has 9 nitrogen and oxygen atoms in total. The van der Waals surface area contributed by atoms with E-state index in [2.05, 4.69) is 26.2 Å². The van der Waals surface area contributed by atoms with Crippen LogP contribution in [0.15, 0.2) is 45.5 Å². The number of oxazole rings is 1. The Morgan fingerprint density at radius 2 is 1.84 bits per heavy atom. The predicted octanol–water partition coefficient (Wildman–Crippen LogP) is 4.99. The van der Waals surface area contributed by atoms with Gasteiger partial charge in [-0.15, -0.1) is 0 Å². The molecule has 0 aliphatic rings. The number of carbonyl (C=O) groups is 2. The van der Waals surface area contributed by atoms with E-state index in [0.29, 0.717) is 0 Å². The van der Waals surface area contributed by atoms with E-state index in [1.54, 1.807) is 0 Å². The Bertz CT molecular complexity index is 1300. The molecule has 0 bridgehead atoms. The summed E-state index contributed by atoms with van der Waals surface area (Å²) >= 11 is 3.12. The lowest BCUT2D eigenvalue weighted by atomic mass is 10.1. The van der Waals surface area contributed by atoms with Gasteiger partial charge in [-0.3, -0.25) is 4.79 Å². The molecule has 1 aromatic heterocycles. The van der Waals surface area contributed by atoms with Gasteiger partial charge in [-0.25, -0.2) is 18.6 Å². The van der Waals surface area contributed by atoms with E-state index in [-0.39, 0.29) is 35.0 Å². The van der Waals surface area contributed by atoms with E-state index in [1.807, 2.05) is 0 Å². The van der Waals surface area contributed by atoms with Gasteiger partial charge in [-0.1, -0.05) is 12.1 Å². The highest BCUT2D eigenvalue weighted by atomic mass is 79.9. The number of amides is 2. The van der Waals surface area contributed by atoms with Gasteiger partial charge in [0.05, 0.1) is 12.2 Å². The number of aromatic nitrogens is 1. The number of benzene rings is 2. The van der Waals surface area contributed by atoms with E-state index < -0.39 is 59.4 Å². The van der Waals surface area contributed by atoms with Crippen molar-refractivity contribution in [3.63, 3.8) is 0 Å². The summed E-state index contributed by atoms with van der Waals surface area (Å²) in [5, 5.41) is 2.38. The standard InChI is InChI=1S/C23H19BrF5N3O6/c1-35-9-8-31-22(34)36-10-15(37-14-7-6-13(25)16(17(14)26)20(30)33)21-32-18(19(24)38-21)11-2-4-12(5-3-11)23(27,28)29/h2-7,15H,8-10H2,1H3,(H2,30,33)(H,31,34). The molecule has 0 radical (unpaired) electrons. The molecule has 1 atom stereocenters. The van der Waals surface area contributed by atoms with Gasteiger partial charge in [0, 0.05) is 19.2 Å². The third-order valence-corrected chi connectivity index (χ3v) is 5.41. The topological polar surface area (TPSA) is 126 Å². The quantitative estimate of drug-likeness (QED) is 0.245. The summed E-state index contributed by atoms with van der Waals surface area (Å²) < 4.78 is 88.3. The molecule has 2 amide bonds. The van der Waals surface area contributed by atoms with Crippen LogP contribution in [0.4, 0.5) is 26.7 Å². The first-order valence-electron chi connectivity index (χ1n) is 10.6. The van der Waals surface area contributed by atoms with Crippen LogP contribution in [-0.2, 0) is 15.7 Å². The van der Waals surface area contributed by atoms with Crippen molar-refractivity contribution in [3.05, 3.63) is 69.7 Å². The van der Waals surface area contributed by atoms with Gasteiger partial charge in [-0.2, -0.15) is 13.2 Å². The third kappa shape index (κ3) is 6.98. The maximum Gasteiger partial charge on any atom is 0.416 e. The summed E-state index contributed by atoms with van der Waals surface area (Å²) in [6.07, 6.45) is -6.90. The third-order valence-electron chi connectivity index (χ3n) is 4.88. The Labute approximate surface area is 220 Å². The van der Waals surface area contributed by atoms with Crippen LogP contribution in [0, 0.1) is 11.6 Å². The highest BCUT2D eigenvalue weighted by molar-refractivity contribution is 9.10. The molecule has 0 saturated heterocycles. The normalized spacial score (nSPS) is 12.2. The summed E-state index contributed by atoms with van der Waals surface area (Å²) in [4.78, 5) is 27.6. The maximum atomic E-state index is 14.8. The first kappa shape index (κ1) is 28.8. The molecule has 0 aliphatic carbocycles. The average molecular weight is 608 g/mol. The number of methoxy groups -OCH3 is 1. The molecule has 38 heavy (non-hydrogen) atoms. The summed E-state index contributed by atoms with van der Waals surface area (Å²) in [6.45, 7) is -0.312. The van der Waals surface area contributed by atoms with Crippen molar-refractivity contribution < 1.29 is 50.2 Å². The van der Waals surface area contributed by atoms with Crippen LogP contribution in [0.2, 0.25) is 0 Å². The minimum atomic E-state index is -4.55. The van der Waals surface area contributed by atoms with Crippen molar-refractivity contribution in [1.82, 2.24) is 10.3 Å². The SMILES string of the molecule is COCCNC(=O)OCC(Oc1ccc(F)c(C(N)=O)c1F)c1nc(-c2ccc(C(F)(F)F)cc2)c(Br)o1. The molecule has 1 heterocycles. The van der Waals surface area contributed by atoms with E-state index in [4.69, 9.17) is 24.4 Å². The number of alkyl carbamates (subject to hydrolysis) is 1. The summed E-state index contributed by atoms with van der Waals surface area (Å²) in [7, 11) is 1.42. The van der Waals surface area contributed by atoms with Crippen molar-refractivity contribution in [3.8, 4) is 17.0 Å². The number of carbonyl (C=O) groups excluding carboxylic acids is 2. The minimum Gasteiger partial charge on any atom is -0.474 e. The van der Waals surface area contributed by atoms with Gasteiger partial charge < -0.3 is 29.7 Å². The van der Waals surface area contributed by atoms with Crippen molar-refractivity contribution in [1.29, 1.82) is 0 Å². The van der Waals surface area contributed by atoms with E-state index in [9.17, 15) is 31.5 Å². The number of halogens is 6. The van der Waals surface area contributed by atoms with Crippen LogP contribution < -0.4 is 15.8 Å². The van der Waals surface area contributed by atoms with Crippen LogP contribution in [0.3, 0.4) is 0 Å². The van der Waals surface area contributed by atoms with Gasteiger partial charge in [0.1, 0.15) is 23.7 Å². The number of nitrogens with one attached hydrogen (secondary N) is 1. The number of nitrogens with two attached hydrogens (primary N) is 1. The second-order valence-corrected chi connectivity index (χ2v) is 8.19. The van der Waals surface area contributed by atoms with Gasteiger partial charge >= 0.3 is 12.3 Å². The minimum absolute atomic E-state index is 0.0252. The molecule has 0 aliphatic heterocycles. The van der Waals surface area contributed by atoms with E-state index >= 15 is 0 Å².